The minimum atomic E-state index is 0.278. The van der Waals surface area contributed by atoms with Gasteiger partial charge in [0, 0.05) is 43.0 Å². The molecule has 1 aromatic heterocycles. The van der Waals surface area contributed by atoms with Gasteiger partial charge in [0.25, 0.3) is 0 Å². The monoisotopic (exact) mass is 456 g/mol. The molecule has 3 aromatic rings. The fourth-order valence-corrected chi connectivity index (χ4v) is 4.47. The van der Waals surface area contributed by atoms with Gasteiger partial charge in [-0.05, 0) is 74.5 Å². The number of piperidine rings is 1. The fraction of sp³-hybridized carbons (Fsp3) is 0.370. The van der Waals surface area contributed by atoms with Crippen molar-refractivity contribution in [3.8, 4) is 28.3 Å². The molecule has 7 nitrogen and oxygen atoms in total. The molecule has 2 aromatic carbocycles. The van der Waals surface area contributed by atoms with Crippen molar-refractivity contribution in [2.75, 3.05) is 51.3 Å². The second-order valence-corrected chi connectivity index (χ2v) is 8.80. The summed E-state index contributed by atoms with van der Waals surface area (Å²) in [5, 5.41) is 16.1. The van der Waals surface area contributed by atoms with E-state index in [1.807, 2.05) is 36.4 Å². The van der Waals surface area contributed by atoms with Crippen molar-refractivity contribution in [2.24, 2.45) is 10.2 Å². The molecule has 0 amide bonds. The van der Waals surface area contributed by atoms with Crippen molar-refractivity contribution in [3.05, 3.63) is 60.7 Å². The molecule has 0 saturated carbocycles. The number of hydrogen-bond donors (Lipinski definition) is 2. The standard InChI is InChI=1S/C27H32N6O/c1-34-25-8-4-21(5-9-25)27-19-23(32-31-22-10-12-28-13-11-22)18-26(30-27)20-2-6-24(7-3-20)33-16-14-29-15-17-33/h2-9,18-19,22,28-29H,10-17H2,1H3. The van der Waals surface area contributed by atoms with Gasteiger partial charge in [-0.2, -0.15) is 10.2 Å². The van der Waals surface area contributed by atoms with Crippen molar-refractivity contribution in [1.29, 1.82) is 0 Å². The van der Waals surface area contributed by atoms with Gasteiger partial charge in [0.15, 0.2) is 0 Å². The maximum atomic E-state index is 5.32. The third kappa shape index (κ3) is 5.43. The first-order valence-electron chi connectivity index (χ1n) is 12.1. The molecular weight excluding hydrogens is 424 g/mol. The maximum Gasteiger partial charge on any atom is 0.118 e. The van der Waals surface area contributed by atoms with Gasteiger partial charge in [0.05, 0.1) is 30.2 Å². The number of azo groups is 1. The van der Waals surface area contributed by atoms with Gasteiger partial charge in [0.1, 0.15) is 5.75 Å². The van der Waals surface area contributed by atoms with E-state index in [0.29, 0.717) is 0 Å². The number of nitrogens with zero attached hydrogens (tertiary/aromatic N) is 4. The number of ether oxygens (including phenoxy) is 1. The Morgan fingerprint density at radius 2 is 1.41 bits per heavy atom. The fourth-order valence-electron chi connectivity index (χ4n) is 4.47. The molecule has 34 heavy (non-hydrogen) atoms. The second kappa shape index (κ2) is 10.8. The molecule has 0 aliphatic carbocycles. The maximum absolute atomic E-state index is 5.32. The van der Waals surface area contributed by atoms with Crippen LogP contribution in [-0.4, -0.2) is 57.4 Å². The van der Waals surface area contributed by atoms with Gasteiger partial charge in [-0.3, -0.25) is 0 Å². The molecule has 7 heteroatoms. The normalized spacial score (nSPS) is 17.3. The molecular formula is C27H32N6O. The molecule has 3 heterocycles. The average Bonchev–Trinajstić information content (AvgIpc) is 2.93. The summed E-state index contributed by atoms with van der Waals surface area (Å²) in [6.45, 7) is 6.12. The Bertz CT molecular complexity index is 1100. The first-order valence-corrected chi connectivity index (χ1v) is 12.1. The summed E-state index contributed by atoms with van der Waals surface area (Å²) in [5.74, 6) is 0.828. The summed E-state index contributed by atoms with van der Waals surface area (Å²) in [6.07, 6.45) is 2.06. The van der Waals surface area contributed by atoms with Crippen LogP contribution in [0.4, 0.5) is 11.4 Å². The number of pyridine rings is 1. The largest absolute Gasteiger partial charge is 0.497 e. The van der Waals surface area contributed by atoms with Crippen LogP contribution in [-0.2, 0) is 0 Å². The van der Waals surface area contributed by atoms with E-state index in [2.05, 4.69) is 50.0 Å². The van der Waals surface area contributed by atoms with Gasteiger partial charge in [-0.25, -0.2) is 4.98 Å². The van der Waals surface area contributed by atoms with E-state index in [-0.39, 0.29) is 6.04 Å². The van der Waals surface area contributed by atoms with E-state index in [1.165, 1.54) is 5.69 Å². The predicted molar refractivity (Wildman–Crippen MR) is 137 cm³/mol. The van der Waals surface area contributed by atoms with Crippen molar-refractivity contribution in [2.45, 2.75) is 18.9 Å². The highest BCUT2D eigenvalue weighted by Crippen LogP contribution is 2.31. The topological polar surface area (TPSA) is 74.1 Å². The van der Waals surface area contributed by atoms with E-state index >= 15 is 0 Å². The molecule has 2 aliphatic heterocycles. The average molecular weight is 457 g/mol. The van der Waals surface area contributed by atoms with Crippen LogP contribution < -0.4 is 20.3 Å². The lowest BCUT2D eigenvalue weighted by Gasteiger charge is -2.29. The van der Waals surface area contributed by atoms with Gasteiger partial charge in [0.2, 0.25) is 0 Å². The first-order chi connectivity index (χ1) is 16.8. The van der Waals surface area contributed by atoms with Crippen LogP contribution in [0.1, 0.15) is 12.8 Å². The Morgan fingerprint density at radius 3 is 2.03 bits per heavy atom. The lowest BCUT2D eigenvalue weighted by atomic mass is 10.1. The first kappa shape index (κ1) is 22.5. The van der Waals surface area contributed by atoms with Crippen LogP contribution in [0.25, 0.3) is 22.5 Å². The Kier molecular flexibility index (Phi) is 7.12. The Labute approximate surface area is 201 Å². The molecule has 0 bridgehead atoms. The summed E-state index contributed by atoms with van der Waals surface area (Å²) in [5.41, 5.74) is 5.97. The van der Waals surface area contributed by atoms with E-state index in [9.17, 15) is 0 Å². The smallest absolute Gasteiger partial charge is 0.118 e. The van der Waals surface area contributed by atoms with Crippen LogP contribution >= 0.6 is 0 Å². The van der Waals surface area contributed by atoms with Crippen LogP contribution in [0.15, 0.2) is 70.9 Å². The van der Waals surface area contributed by atoms with Crippen molar-refractivity contribution in [3.63, 3.8) is 0 Å². The third-order valence-electron chi connectivity index (χ3n) is 6.49. The number of aromatic nitrogens is 1. The number of nitrogens with one attached hydrogen (secondary N) is 2. The lowest BCUT2D eigenvalue weighted by molar-refractivity contribution is 0.415. The molecule has 2 aliphatic rings. The SMILES string of the molecule is COc1ccc(-c2cc(N=NC3CCNCC3)cc(-c3ccc(N4CCNCC4)cc3)n2)cc1. The zero-order valence-corrected chi connectivity index (χ0v) is 19.7. The highest BCUT2D eigenvalue weighted by Gasteiger charge is 2.14. The van der Waals surface area contributed by atoms with Crippen molar-refractivity contribution in [1.82, 2.24) is 15.6 Å². The molecule has 0 radical (unpaired) electrons. The Balaban J connectivity index is 1.46. The summed E-state index contributed by atoms with van der Waals surface area (Å²) in [7, 11) is 1.68. The van der Waals surface area contributed by atoms with Crippen molar-refractivity contribution >= 4 is 11.4 Å². The summed E-state index contributed by atoms with van der Waals surface area (Å²) >= 11 is 0. The van der Waals surface area contributed by atoms with Crippen molar-refractivity contribution < 1.29 is 4.74 Å². The van der Waals surface area contributed by atoms with E-state index in [0.717, 1.165) is 86.1 Å². The van der Waals surface area contributed by atoms with E-state index in [1.54, 1.807) is 7.11 Å². The van der Waals surface area contributed by atoms with Crippen LogP contribution in [0.5, 0.6) is 5.75 Å². The number of methoxy groups -OCH3 is 1. The predicted octanol–water partition coefficient (Wildman–Crippen LogP) is 4.67. The minimum Gasteiger partial charge on any atom is -0.497 e. The van der Waals surface area contributed by atoms with Crippen LogP contribution in [0.2, 0.25) is 0 Å². The molecule has 0 atom stereocenters. The number of hydrogen-bond acceptors (Lipinski definition) is 7. The lowest BCUT2D eigenvalue weighted by Crippen LogP contribution is -2.43. The molecule has 2 fully saturated rings. The van der Waals surface area contributed by atoms with E-state index in [4.69, 9.17) is 9.72 Å². The molecule has 5 rings (SSSR count). The third-order valence-corrected chi connectivity index (χ3v) is 6.49. The number of anilines is 1. The molecule has 2 N–H and O–H groups in total. The van der Waals surface area contributed by atoms with E-state index < -0.39 is 0 Å². The van der Waals surface area contributed by atoms with Gasteiger partial charge in [-0.1, -0.05) is 12.1 Å². The summed E-state index contributed by atoms with van der Waals surface area (Å²) < 4.78 is 5.32. The number of rotatable bonds is 6. The zero-order valence-electron chi connectivity index (χ0n) is 19.7. The Morgan fingerprint density at radius 1 is 0.824 bits per heavy atom. The quantitative estimate of drug-likeness (QED) is 0.528. The minimum absolute atomic E-state index is 0.278. The second-order valence-electron chi connectivity index (χ2n) is 8.80. The zero-order chi connectivity index (χ0) is 23.2. The number of piperazine rings is 1. The molecule has 0 unspecified atom stereocenters. The van der Waals surface area contributed by atoms with Gasteiger partial charge in [-0.15, -0.1) is 0 Å². The Hall–Kier alpha value is -3.29. The highest BCUT2D eigenvalue weighted by molar-refractivity contribution is 5.72. The molecule has 176 valence electrons. The van der Waals surface area contributed by atoms with Crippen LogP contribution in [0.3, 0.4) is 0 Å². The molecule has 0 spiro atoms. The molecule has 2 saturated heterocycles. The van der Waals surface area contributed by atoms with Crippen LogP contribution in [0, 0.1) is 0 Å². The van der Waals surface area contributed by atoms with Gasteiger partial charge >= 0.3 is 0 Å². The summed E-state index contributed by atoms with van der Waals surface area (Å²) in [6, 6.07) is 21.0. The van der Waals surface area contributed by atoms with Gasteiger partial charge < -0.3 is 20.3 Å². The summed E-state index contributed by atoms with van der Waals surface area (Å²) in [4.78, 5) is 7.41. The number of benzene rings is 2. The highest BCUT2D eigenvalue weighted by atomic mass is 16.5.